The van der Waals surface area contributed by atoms with E-state index >= 15 is 0 Å². The molecule has 0 aromatic heterocycles. The molecule has 0 heterocycles. The zero-order valence-electron chi connectivity index (χ0n) is 21.7. The van der Waals surface area contributed by atoms with Crippen LogP contribution < -0.4 is 23.7 Å². The van der Waals surface area contributed by atoms with Crippen LogP contribution in [0.1, 0.15) is 47.1 Å². The first-order valence-corrected chi connectivity index (χ1v) is 12.8. The maximum absolute atomic E-state index is 6.05. The van der Waals surface area contributed by atoms with Gasteiger partial charge in [0.2, 0.25) is 0 Å². The first kappa shape index (κ1) is 24.8. The first-order chi connectivity index (χ1) is 17.1. The standard InChI is InChI=1S/C30H36O5/c1-7-19-13-20-21(14-26(19)31-8-2)23-16-28(33-10-4)30(35-12-6)18-25(23)24-17-29(34-11-5)27(32-9-3)15-22(20)24/h13-18H,7-12H2,1-6H3. The molecule has 0 saturated carbocycles. The molecule has 0 bridgehead atoms. The lowest BCUT2D eigenvalue weighted by Crippen LogP contribution is -2.01. The summed E-state index contributed by atoms with van der Waals surface area (Å²) in [6, 6.07) is 12.8. The fourth-order valence-electron chi connectivity index (χ4n) is 4.72. The van der Waals surface area contributed by atoms with E-state index in [2.05, 4.69) is 43.3 Å². The van der Waals surface area contributed by atoms with Gasteiger partial charge in [-0.3, -0.25) is 0 Å². The molecule has 186 valence electrons. The Hall–Kier alpha value is -3.34. The first-order valence-electron chi connectivity index (χ1n) is 12.8. The minimum Gasteiger partial charge on any atom is -0.494 e. The van der Waals surface area contributed by atoms with Gasteiger partial charge in [0, 0.05) is 0 Å². The third-order valence-corrected chi connectivity index (χ3v) is 6.12. The van der Waals surface area contributed by atoms with Crippen LogP contribution >= 0.6 is 0 Å². The third kappa shape index (κ3) is 4.64. The van der Waals surface area contributed by atoms with Crippen molar-refractivity contribution in [3.8, 4) is 28.7 Å². The van der Waals surface area contributed by atoms with Gasteiger partial charge < -0.3 is 23.7 Å². The normalized spacial score (nSPS) is 11.3. The predicted molar refractivity (Wildman–Crippen MR) is 144 cm³/mol. The highest BCUT2D eigenvalue weighted by atomic mass is 16.5. The summed E-state index contributed by atoms with van der Waals surface area (Å²) < 4.78 is 30.0. The molecule has 0 atom stereocenters. The molecule has 5 nitrogen and oxygen atoms in total. The van der Waals surface area contributed by atoms with E-state index in [0.29, 0.717) is 33.0 Å². The molecule has 0 N–H and O–H groups in total. The molecule has 0 spiro atoms. The average molecular weight is 477 g/mol. The van der Waals surface area contributed by atoms with Crippen molar-refractivity contribution in [3.05, 3.63) is 42.0 Å². The molecule has 0 fully saturated rings. The molecule has 0 saturated heterocycles. The van der Waals surface area contributed by atoms with E-state index in [0.717, 1.165) is 67.5 Å². The van der Waals surface area contributed by atoms with Crippen LogP contribution in [0, 0.1) is 0 Å². The van der Waals surface area contributed by atoms with Crippen LogP contribution in [0.15, 0.2) is 36.4 Å². The molecular formula is C30H36O5. The van der Waals surface area contributed by atoms with E-state index in [-0.39, 0.29) is 0 Å². The molecule has 0 unspecified atom stereocenters. The average Bonchev–Trinajstić information content (AvgIpc) is 2.86. The fourth-order valence-corrected chi connectivity index (χ4v) is 4.72. The monoisotopic (exact) mass is 476 g/mol. The molecule has 4 rings (SSSR count). The van der Waals surface area contributed by atoms with Crippen LogP contribution in [0.5, 0.6) is 28.7 Å². The predicted octanol–water partition coefficient (Wildman–Crippen LogP) is 7.70. The van der Waals surface area contributed by atoms with Crippen molar-refractivity contribution < 1.29 is 23.7 Å². The van der Waals surface area contributed by atoms with Gasteiger partial charge in [-0.15, -0.1) is 0 Å². The lowest BCUT2D eigenvalue weighted by molar-refractivity contribution is 0.288. The lowest BCUT2D eigenvalue weighted by atomic mass is 9.91. The third-order valence-electron chi connectivity index (χ3n) is 6.12. The highest BCUT2D eigenvalue weighted by Crippen LogP contribution is 2.45. The van der Waals surface area contributed by atoms with E-state index in [1.165, 1.54) is 5.56 Å². The van der Waals surface area contributed by atoms with Crippen molar-refractivity contribution in [1.82, 2.24) is 0 Å². The van der Waals surface area contributed by atoms with E-state index < -0.39 is 0 Å². The van der Waals surface area contributed by atoms with Crippen molar-refractivity contribution in [2.75, 3.05) is 33.0 Å². The number of benzene rings is 4. The van der Waals surface area contributed by atoms with Crippen LogP contribution in [0.25, 0.3) is 32.3 Å². The zero-order chi connectivity index (χ0) is 24.9. The van der Waals surface area contributed by atoms with Crippen molar-refractivity contribution in [3.63, 3.8) is 0 Å². The summed E-state index contributed by atoms with van der Waals surface area (Å²) in [5, 5.41) is 6.65. The summed E-state index contributed by atoms with van der Waals surface area (Å²) in [4.78, 5) is 0. The van der Waals surface area contributed by atoms with Crippen molar-refractivity contribution in [1.29, 1.82) is 0 Å². The number of ether oxygens (including phenoxy) is 5. The molecule has 0 amide bonds. The Bertz CT molecular complexity index is 1300. The molecule has 0 aliphatic carbocycles. The second kappa shape index (κ2) is 10.9. The summed E-state index contributed by atoms with van der Waals surface area (Å²) >= 11 is 0. The van der Waals surface area contributed by atoms with Gasteiger partial charge in [-0.25, -0.2) is 0 Å². The van der Waals surface area contributed by atoms with Gasteiger partial charge in [0.1, 0.15) is 5.75 Å². The highest BCUT2D eigenvalue weighted by Gasteiger charge is 2.19. The summed E-state index contributed by atoms with van der Waals surface area (Å²) in [5.41, 5.74) is 1.18. The number of hydrogen-bond donors (Lipinski definition) is 0. The molecule has 0 radical (unpaired) electrons. The van der Waals surface area contributed by atoms with Gasteiger partial charge in [0.15, 0.2) is 23.0 Å². The van der Waals surface area contributed by atoms with E-state index in [1.807, 2.05) is 34.6 Å². The van der Waals surface area contributed by atoms with E-state index in [1.54, 1.807) is 0 Å². The maximum Gasteiger partial charge on any atom is 0.161 e. The van der Waals surface area contributed by atoms with E-state index in [9.17, 15) is 0 Å². The Morgan fingerprint density at radius 2 is 0.629 bits per heavy atom. The van der Waals surface area contributed by atoms with Gasteiger partial charge in [0.25, 0.3) is 0 Å². The quantitative estimate of drug-likeness (QED) is 0.208. The van der Waals surface area contributed by atoms with Crippen LogP contribution in [0.3, 0.4) is 0 Å². The minimum atomic E-state index is 0.560. The summed E-state index contributed by atoms with van der Waals surface area (Å²) in [7, 11) is 0. The Labute approximate surface area is 207 Å². The van der Waals surface area contributed by atoms with Gasteiger partial charge in [-0.1, -0.05) is 6.92 Å². The molecule has 35 heavy (non-hydrogen) atoms. The molecule has 0 aliphatic heterocycles. The second-order valence-electron chi connectivity index (χ2n) is 8.21. The van der Waals surface area contributed by atoms with Gasteiger partial charge in [0.05, 0.1) is 33.0 Å². The van der Waals surface area contributed by atoms with E-state index in [4.69, 9.17) is 23.7 Å². The summed E-state index contributed by atoms with van der Waals surface area (Å²) in [5.74, 6) is 3.91. The number of hydrogen-bond acceptors (Lipinski definition) is 5. The van der Waals surface area contributed by atoms with Crippen LogP contribution in [0.4, 0.5) is 0 Å². The largest absolute Gasteiger partial charge is 0.494 e. The van der Waals surface area contributed by atoms with Gasteiger partial charge in [-0.2, -0.15) is 0 Å². The SMILES string of the molecule is CCOc1cc2c(cc1CC)c1cc(OCC)c(OCC)cc1c1cc(OCC)c(OCC)cc21. The molecule has 4 aromatic rings. The summed E-state index contributed by atoms with van der Waals surface area (Å²) in [6.07, 6.45) is 0.883. The maximum atomic E-state index is 6.05. The summed E-state index contributed by atoms with van der Waals surface area (Å²) in [6.45, 7) is 15.0. The van der Waals surface area contributed by atoms with Crippen LogP contribution in [-0.4, -0.2) is 33.0 Å². The van der Waals surface area contributed by atoms with Crippen molar-refractivity contribution in [2.45, 2.75) is 48.0 Å². The Kier molecular flexibility index (Phi) is 7.74. The molecule has 5 heteroatoms. The Morgan fingerprint density at radius 1 is 0.371 bits per heavy atom. The van der Waals surface area contributed by atoms with Gasteiger partial charge >= 0.3 is 0 Å². The fraction of sp³-hybridized carbons (Fsp3) is 0.400. The highest BCUT2D eigenvalue weighted by molar-refractivity contribution is 6.26. The molecule has 0 aliphatic rings. The Morgan fingerprint density at radius 3 is 0.914 bits per heavy atom. The topological polar surface area (TPSA) is 46.2 Å². The molecular weight excluding hydrogens is 440 g/mol. The Balaban J connectivity index is 2.21. The number of aryl methyl sites for hydroxylation is 1. The smallest absolute Gasteiger partial charge is 0.161 e. The van der Waals surface area contributed by atoms with Crippen LogP contribution in [-0.2, 0) is 6.42 Å². The lowest BCUT2D eigenvalue weighted by Gasteiger charge is -2.19. The second-order valence-corrected chi connectivity index (χ2v) is 8.21. The number of fused-ring (bicyclic) bond motifs is 6. The zero-order valence-corrected chi connectivity index (χ0v) is 21.7. The number of rotatable bonds is 11. The minimum absolute atomic E-state index is 0.560. The van der Waals surface area contributed by atoms with Crippen LogP contribution in [0.2, 0.25) is 0 Å². The van der Waals surface area contributed by atoms with Crippen molar-refractivity contribution in [2.24, 2.45) is 0 Å². The van der Waals surface area contributed by atoms with Crippen molar-refractivity contribution >= 4 is 32.3 Å². The molecule has 4 aromatic carbocycles. The van der Waals surface area contributed by atoms with Gasteiger partial charge in [-0.05, 0) is 115 Å².